The molecule has 6 heteroatoms. The van der Waals surface area contributed by atoms with E-state index < -0.39 is 0 Å². The van der Waals surface area contributed by atoms with Gasteiger partial charge in [-0.05, 0) is 34.0 Å². The minimum atomic E-state index is -0.255. The quantitative estimate of drug-likeness (QED) is 0.750. The van der Waals surface area contributed by atoms with Crippen molar-refractivity contribution >= 4 is 21.9 Å². The molecule has 0 radical (unpaired) electrons. The summed E-state index contributed by atoms with van der Waals surface area (Å²) < 4.78 is 7.47. The third-order valence-corrected chi connectivity index (χ3v) is 3.59. The van der Waals surface area contributed by atoms with E-state index in [0.717, 1.165) is 4.47 Å². The number of hydrogen-bond acceptors (Lipinski definition) is 4. The number of aryl methyl sites for hydroxylation is 1. The molecule has 0 fully saturated rings. The fourth-order valence-electron chi connectivity index (χ4n) is 2.05. The number of methoxy groups -OCH3 is 1. The van der Waals surface area contributed by atoms with Gasteiger partial charge in [0.2, 0.25) is 0 Å². The van der Waals surface area contributed by atoms with Crippen molar-refractivity contribution in [2.45, 2.75) is 20.1 Å². The number of aromatic nitrogens is 2. The lowest BCUT2D eigenvalue weighted by molar-refractivity contribution is -0.142. The molecule has 2 aromatic rings. The molecule has 1 aromatic carbocycles. The van der Waals surface area contributed by atoms with Crippen molar-refractivity contribution in [3.05, 3.63) is 52.3 Å². The van der Waals surface area contributed by atoms with Gasteiger partial charge in [-0.2, -0.15) is 5.10 Å². The average Bonchev–Trinajstić information content (AvgIpc) is 2.86. The molecule has 0 bridgehead atoms. The largest absolute Gasteiger partial charge is 0.468 e. The van der Waals surface area contributed by atoms with Crippen LogP contribution >= 0.6 is 15.9 Å². The van der Waals surface area contributed by atoms with E-state index in [4.69, 9.17) is 4.74 Å². The maximum atomic E-state index is 11.6. The third kappa shape index (κ3) is 4.68. The Labute approximate surface area is 132 Å². The Balaban J connectivity index is 2.11. The molecule has 0 unspecified atom stereocenters. The van der Waals surface area contributed by atoms with Gasteiger partial charge in [-0.15, -0.1) is 0 Å². The van der Waals surface area contributed by atoms with Gasteiger partial charge in [0.15, 0.2) is 0 Å². The minimum Gasteiger partial charge on any atom is -0.468 e. The van der Waals surface area contributed by atoms with Gasteiger partial charge in [-0.1, -0.05) is 24.3 Å². The number of ether oxygens (including phenoxy) is 1. The van der Waals surface area contributed by atoms with E-state index in [-0.39, 0.29) is 12.5 Å². The van der Waals surface area contributed by atoms with E-state index in [1.165, 1.54) is 18.2 Å². The van der Waals surface area contributed by atoms with E-state index in [0.29, 0.717) is 13.2 Å². The fraction of sp³-hybridized carbons (Fsp3) is 0.333. The maximum absolute atomic E-state index is 11.6. The van der Waals surface area contributed by atoms with Crippen LogP contribution < -0.4 is 0 Å². The Morgan fingerprint density at radius 2 is 2.19 bits per heavy atom. The summed E-state index contributed by atoms with van der Waals surface area (Å²) in [6.07, 6.45) is 3.60. The summed E-state index contributed by atoms with van der Waals surface area (Å²) in [5.41, 5.74) is 2.39. The highest BCUT2D eigenvalue weighted by atomic mass is 79.9. The Hall–Kier alpha value is -1.66. The van der Waals surface area contributed by atoms with Crippen molar-refractivity contribution in [1.82, 2.24) is 14.7 Å². The molecule has 0 N–H and O–H groups in total. The zero-order valence-electron chi connectivity index (χ0n) is 12.1. The van der Waals surface area contributed by atoms with Crippen LogP contribution in [0.3, 0.4) is 0 Å². The molecule has 21 heavy (non-hydrogen) atoms. The number of halogens is 1. The Kier molecular flexibility index (Phi) is 5.52. The summed E-state index contributed by atoms with van der Waals surface area (Å²) in [5.74, 6) is -0.255. The summed E-state index contributed by atoms with van der Waals surface area (Å²) in [7, 11) is 1.40. The molecule has 0 spiro atoms. The number of hydrogen-bond donors (Lipinski definition) is 0. The van der Waals surface area contributed by atoms with Gasteiger partial charge in [-0.25, -0.2) is 0 Å². The second kappa shape index (κ2) is 7.38. The van der Waals surface area contributed by atoms with Crippen LogP contribution in [0, 0.1) is 6.92 Å². The minimum absolute atomic E-state index is 0.225. The van der Waals surface area contributed by atoms with Crippen LogP contribution in [0.2, 0.25) is 0 Å². The van der Waals surface area contributed by atoms with E-state index in [1.807, 2.05) is 23.2 Å². The first-order chi connectivity index (χ1) is 10.1. The Morgan fingerprint density at radius 1 is 1.43 bits per heavy atom. The van der Waals surface area contributed by atoms with Crippen molar-refractivity contribution in [3.8, 4) is 0 Å². The lowest BCUT2D eigenvalue weighted by Gasteiger charge is -2.22. The molecule has 0 saturated carbocycles. The third-order valence-electron chi connectivity index (χ3n) is 3.18. The van der Waals surface area contributed by atoms with Crippen molar-refractivity contribution < 1.29 is 9.53 Å². The van der Waals surface area contributed by atoms with Crippen LogP contribution in [-0.2, 0) is 22.7 Å². The number of nitrogens with zero attached hydrogens (tertiary/aromatic N) is 3. The van der Waals surface area contributed by atoms with Crippen LogP contribution in [0.5, 0.6) is 0 Å². The molecule has 0 atom stereocenters. The molecule has 112 valence electrons. The number of rotatable bonds is 6. The standard InChI is InChI=1S/C15H18BrN3O2/c1-12-5-3-4-6-13(12)8-18(10-15(20)21-2)11-19-9-14(16)7-17-19/h3-7,9H,8,10-11H2,1-2H3. The molecule has 0 amide bonds. The first-order valence-electron chi connectivity index (χ1n) is 6.60. The van der Waals surface area contributed by atoms with Gasteiger partial charge in [0.1, 0.15) is 0 Å². The highest BCUT2D eigenvalue weighted by Crippen LogP contribution is 2.12. The number of carbonyl (C=O) groups is 1. The van der Waals surface area contributed by atoms with Crippen LogP contribution in [-0.4, -0.2) is 34.3 Å². The SMILES string of the molecule is COC(=O)CN(Cc1ccccc1C)Cn1cc(Br)cn1. The maximum Gasteiger partial charge on any atom is 0.319 e. The van der Waals surface area contributed by atoms with Gasteiger partial charge in [0.25, 0.3) is 0 Å². The molecule has 0 aliphatic heterocycles. The lowest BCUT2D eigenvalue weighted by atomic mass is 10.1. The Bertz CT molecular complexity index is 612. The zero-order valence-corrected chi connectivity index (χ0v) is 13.7. The molecule has 5 nitrogen and oxygen atoms in total. The summed E-state index contributed by atoms with van der Waals surface area (Å²) in [6, 6.07) is 8.14. The van der Waals surface area contributed by atoms with Crippen LogP contribution in [0.1, 0.15) is 11.1 Å². The van der Waals surface area contributed by atoms with Gasteiger partial charge in [0, 0.05) is 12.7 Å². The first kappa shape index (κ1) is 15.7. The zero-order chi connectivity index (χ0) is 15.2. The molecule has 1 heterocycles. The topological polar surface area (TPSA) is 47.4 Å². The second-order valence-electron chi connectivity index (χ2n) is 4.83. The summed E-state index contributed by atoms with van der Waals surface area (Å²) in [4.78, 5) is 13.6. The lowest BCUT2D eigenvalue weighted by Crippen LogP contribution is -2.32. The van der Waals surface area contributed by atoms with Crippen molar-refractivity contribution in [2.24, 2.45) is 0 Å². The number of carbonyl (C=O) groups excluding carboxylic acids is 1. The molecular formula is C15H18BrN3O2. The van der Waals surface area contributed by atoms with Crippen molar-refractivity contribution in [1.29, 1.82) is 0 Å². The number of benzene rings is 1. The van der Waals surface area contributed by atoms with E-state index in [2.05, 4.69) is 40.1 Å². The molecule has 0 aliphatic carbocycles. The molecule has 2 rings (SSSR count). The Morgan fingerprint density at radius 3 is 2.81 bits per heavy atom. The molecule has 0 saturated heterocycles. The van der Waals surface area contributed by atoms with Crippen molar-refractivity contribution in [2.75, 3.05) is 13.7 Å². The van der Waals surface area contributed by atoms with E-state index in [1.54, 1.807) is 10.9 Å². The first-order valence-corrected chi connectivity index (χ1v) is 7.39. The monoisotopic (exact) mass is 351 g/mol. The fourth-order valence-corrected chi connectivity index (χ4v) is 2.38. The van der Waals surface area contributed by atoms with Gasteiger partial charge >= 0.3 is 5.97 Å². The average molecular weight is 352 g/mol. The van der Waals surface area contributed by atoms with E-state index >= 15 is 0 Å². The predicted molar refractivity (Wildman–Crippen MR) is 83.5 cm³/mol. The van der Waals surface area contributed by atoms with Gasteiger partial charge < -0.3 is 4.74 Å². The highest BCUT2D eigenvalue weighted by molar-refractivity contribution is 9.10. The predicted octanol–water partition coefficient (Wildman–Crippen LogP) is 2.59. The molecule has 1 aromatic heterocycles. The van der Waals surface area contributed by atoms with Crippen molar-refractivity contribution in [3.63, 3.8) is 0 Å². The van der Waals surface area contributed by atoms with Crippen LogP contribution in [0.4, 0.5) is 0 Å². The van der Waals surface area contributed by atoms with Crippen LogP contribution in [0.15, 0.2) is 41.1 Å². The number of esters is 1. The molecule has 0 aliphatic rings. The second-order valence-corrected chi connectivity index (χ2v) is 5.74. The highest BCUT2D eigenvalue weighted by Gasteiger charge is 2.13. The summed E-state index contributed by atoms with van der Waals surface area (Å²) >= 11 is 3.37. The van der Waals surface area contributed by atoms with Gasteiger partial charge in [-0.3, -0.25) is 14.4 Å². The normalized spacial score (nSPS) is 10.9. The summed E-state index contributed by atoms with van der Waals surface area (Å²) in [5, 5.41) is 4.23. The molecular weight excluding hydrogens is 334 g/mol. The smallest absolute Gasteiger partial charge is 0.319 e. The van der Waals surface area contributed by atoms with Gasteiger partial charge in [0.05, 0.1) is 31.0 Å². The van der Waals surface area contributed by atoms with Crippen LogP contribution in [0.25, 0.3) is 0 Å². The van der Waals surface area contributed by atoms with E-state index in [9.17, 15) is 4.79 Å². The summed E-state index contributed by atoms with van der Waals surface area (Å²) in [6.45, 7) is 3.48.